The fourth-order valence-electron chi connectivity index (χ4n) is 6.46. The van der Waals surface area contributed by atoms with E-state index >= 15 is 0 Å². The van der Waals surface area contributed by atoms with Crippen molar-refractivity contribution in [2.45, 2.75) is 148 Å². The van der Waals surface area contributed by atoms with Crippen LogP contribution in [0.5, 0.6) is 0 Å². The maximum Gasteiger partial charge on any atom is 0.187 e. The van der Waals surface area contributed by atoms with Crippen LogP contribution in [0.4, 0.5) is 0 Å². The molecule has 2 rings (SSSR count). The summed E-state index contributed by atoms with van der Waals surface area (Å²) in [5.74, 6) is 0.239. The fourth-order valence-corrected chi connectivity index (χ4v) is 9.56. The molecule has 2 aliphatic rings. The van der Waals surface area contributed by atoms with Crippen molar-refractivity contribution in [3.8, 4) is 0 Å². The summed E-state index contributed by atoms with van der Waals surface area (Å²) in [6.07, 6.45) is 11.6. The van der Waals surface area contributed by atoms with E-state index in [2.05, 4.69) is 67.0 Å². The Kier molecular flexibility index (Phi) is 9.35. The normalized spacial score (nSPS) is 29.5. The van der Waals surface area contributed by atoms with Gasteiger partial charge in [-0.3, -0.25) is 0 Å². The van der Waals surface area contributed by atoms with Crippen LogP contribution in [0.2, 0.25) is 39.3 Å². The Hall–Kier alpha value is 0.274. The van der Waals surface area contributed by atoms with E-state index in [1.54, 1.807) is 0 Å². The van der Waals surface area contributed by atoms with Gasteiger partial charge in [-0.1, -0.05) is 20.3 Å². The molecule has 1 heterocycles. The summed E-state index contributed by atoms with van der Waals surface area (Å²) in [5, 5.41) is 0. The van der Waals surface area contributed by atoms with E-state index in [0.29, 0.717) is 12.2 Å². The molecule has 0 aromatic rings. The molecule has 2 fully saturated rings. The van der Waals surface area contributed by atoms with Gasteiger partial charge in [-0.25, -0.2) is 0 Å². The van der Waals surface area contributed by atoms with Gasteiger partial charge in [-0.05, 0) is 109 Å². The van der Waals surface area contributed by atoms with Crippen LogP contribution >= 0.6 is 0 Å². The predicted molar refractivity (Wildman–Crippen MR) is 140 cm³/mol. The van der Waals surface area contributed by atoms with Crippen molar-refractivity contribution < 1.29 is 18.3 Å². The van der Waals surface area contributed by atoms with Crippen LogP contribution in [0.25, 0.3) is 0 Å². The topological polar surface area (TPSA) is 40.2 Å². The molecule has 32 heavy (non-hydrogen) atoms. The van der Waals surface area contributed by atoms with E-state index in [1.165, 1.54) is 32.1 Å². The molecule has 0 aromatic carbocycles. The highest BCUT2D eigenvalue weighted by atomic mass is 28.4. The first-order valence-corrected chi connectivity index (χ1v) is 19.9. The minimum absolute atomic E-state index is 0.0925. The van der Waals surface area contributed by atoms with E-state index in [4.69, 9.17) is 18.3 Å². The van der Waals surface area contributed by atoms with Gasteiger partial charge in [0.05, 0.1) is 17.8 Å². The molecule has 6 unspecified atom stereocenters. The Balaban J connectivity index is 2.22. The molecule has 0 bridgehead atoms. The number of ether oxygens (including phenoxy) is 2. The van der Waals surface area contributed by atoms with Gasteiger partial charge < -0.3 is 18.3 Å². The third-order valence-electron chi connectivity index (χ3n) is 7.10. The SMILES string of the molecule is CCCC(C)(CC(C)(CCC1CCC2OC2C1)CC(C)(OC)O[Si](C)(C)C)O[Si](C)(C)C. The predicted octanol–water partition coefficient (Wildman–Crippen LogP) is 7.75. The molecule has 0 radical (unpaired) electrons. The van der Waals surface area contributed by atoms with Gasteiger partial charge in [0.15, 0.2) is 22.4 Å². The molecular formula is C26H54O4Si2. The molecule has 0 spiro atoms. The molecule has 6 atom stereocenters. The largest absolute Gasteiger partial charge is 0.412 e. The van der Waals surface area contributed by atoms with E-state index in [9.17, 15) is 0 Å². The summed E-state index contributed by atoms with van der Waals surface area (Å²) in [6, 6.07) is 0. The molecule has 4 nitrogen and oxygen atoms in total. The van der Waals surface area contributed by atoms with E-state index < -0.39 is 22.4 Å². The number of epoxide rings is 1. The summed E-state index contributed by atoms with van der Waals surface area (Å²) in [5.41, 5.74) is -0.00567. The number of fused-ring (bicyclic) bond motifs is 1. The van der Waals surface area contributed by atoms with Crippen molar-refractivity contribution in [3.05, 3.63) is 0 Å². The van der Waals surface area contributed by atoms with Crippen molar-refractivity contribution in [2.75, 3.05) is 7.11 Å². The molecule has 1 saturated heterocycles. The monoisotopic (exact) mass is 486 g/mol. The number of hydrogen-bond acceptors (Lipinski definition) is 4. The zero-order valence-electron chi connectivity index (χ0n) is 23.2. The van der Waals surface area contributed by atoms with Gasteiger partial charge in [0, 0.05) is 13.5 Å². The van der Waals surface area contributed by atoms with E-state index in [0.717, 1.165) is 31.6 Å². The molecule has 1 saturated carbocycles. The average molecular weight is 487 g/mol. The Morgan fingerprint density at radius 2 is 1.47 bits per heavy atom. The van der Waals surface area contributed by atoms with Crippen LogP contribution < -0.4 is 0 Å². The molecule has 1 aliphatic heterocycles. The van der Waals surface area contributed by atoms with Crippen LogP contribution in [-0.2, 0) is 18.3 Å². The number of rotatable bonds is 14. The van der Waals surface area contributed by atoms with Crippen LogP contribution in [0.3, 0.4) is 0 Å². The molecule has 0 aromatic heterocycles. The lowest BCUT2D eigenvalue weighted by molar-refractivity contribution is -0.183. The standard InChI is InChI=1S/C26H54O4Si2/c1-12-16-25(3,29-31(6,7)8)19-24(2,20-26(4,27-5)30-32(9,10)11)17-15-21-13-14-22-23(18-21)28-22/h21-23H,12-20H2,1-11H3. The smallest absolute Gasteiger partial charge is 0.187 e. The lowest BCUT2D eigenvalue weighted by atomic mass is 9.69. The second-order valence-electron chi connectivity index (χ2n) is 13.6. The Morgan fingerprint density at radius 1 is 0.844 bits per heavy atom. The summed E-state index contributed by atoms with van der Waals surface area (Å²) in [6.45, 7) is 23.0. The maximum atomic E-state index is 6.87. The van der Waals surface area contributed by atoms with Crippen LogP contribution in [-0.4, -0.2) is 47.3 Å². The Morgan fingerprint density at radius 3 is 1.97 bits per heavy atom. The van der Waals surface area contributed by atoms with E-state index in [-0.39, 0.29) is 11.0 Å². The van der Waals surface area contributed by atoms with Gasteiger partial charge in [0.25, 0.3) is 0 Å². The summed E-state index contributed by atoms with van der Waals surface area (Å²) in [4.78, 5) is 0. The van der Waals surface area contributed by atoms with Crippen LogP contribution in [0.15, 0.2) is 0 Å². The third-order valence-corrected chi connectivity index (χ3v) is 9.25. The van der Waals surface area contributed by atoms with E-state index in [1.807, 2.05) is 7.11 Å². The highest BCUT2D eigenvalue weighted by Gasteiger charge is 2.46. The highest BCUT2D eigenvalue weighted by Crippen LogP contribution is 2.48. The van der Waals surface area contributed by atoms with Gasteiger partial charge in [0.2, 0.25) is 0 Å². The number of hydrogen-bond donors (Lipinski definition) is 0. The van der Waals surface area contributed by atoms with Crippen LogP contribution in [0, 0.1) is 11.3 Å². The highest BCUT2D eigenvalue weighted by molar-refractivity contribution is 6.70. The average Bonchev–Trinajstić information content (AvgIpc) is 3.35. The second kappa shape index (κ2) is 10.5. The van der Waals surface area contributed by atoms with Crippen molar-refractivity contribution in [3.63, 3.8) is 0 Å². The van der Waals surface area contributed by atoms with Crippen LogP contribution in [0.1, 0.15) is 85.5 Å². The zero-order chi connectivity index (χ0) is 24.4. The summed E-state index contributed by atoms with van der Waals surface area (Å²) < 4.78 is 25.4. The Bertz CT molecular complexity index is 602. The lowest BCUT2D eigenvalue weighted by Crippen LogP contribution is -2.48. The van der Waals surface area contributed by atoms with Gasteiger partial charge in [-0.15, -0.1) is 0 Å². The van der Waals surface area contributed by atoms with Crippen molar-refractivity contribution in [1.29, 1.82) is 0 Å². The Labute approximate surface area is 201 Å². The quantitative estimate of drug-likeness (QED) is 0.143. The summed E-state index contributed by atoms with van der Waals surface area (Å²) in [7, 11) is -1.60. The molecule has 0 amide bonds. The van der Waals surface area contributed by atoms with Gasteiger partial charge in [0.1, 0.15) is 0 Å². The minimum atomic E-state index is -1.75. The van der Waals surface area contributed by atoms with Crippen molar-refractivity contribution >= 4 is 16.6 Å². The first-order valence-electron chi connectivity index (χ1n) is 13.1. The third kappa shape index (κ3) is 9.49. The van der Waals surface area contributed by atoms with Crippen molar-refractivity contribution in [2.24, 2.45) is 11.3 Å². The molecular weight excluding hydrogens is 432 g/mol. The fraction of sp³-hybridized carbons (Fsp3) is 1.00. The lowest BCUT2D eigenvalue weighted by Gasteiger charge is -2.47. The molecule has 1 aliphatic carbocycles. The second-order valence-corrected chi connectivity index (χ2v) is 22.4. The first-order chi connectivity index (χ1) is 14.5. The minimum Gasteiger partial charge on any atom is -0.412 e. The maximum absolute atomic E-state index is 6.87. The summed E-state index contributed by atoms with van der Waals surface area (Å²) >= 11 is 0. The molecule has 190 valence electrons. The first kappa shape index (κ1) is 28.5. The van der Waals surface area contributed by atoms with Gasteiger partial charge in [-0.2, -0.15) is 0 Å². The number of methoxy groups -OCH3 is 1. The van der Waals surface area contributed by atoms with Crippen molar-refractivity contribution in [1.82, 2.24) is 0 Å². The molecule has 6 heteroatoms. The zero-order valence-corrected chi connectivity index (χ0v) is 25.2. The van der Waals surface area contributed by atoms with Gasteiger partial charge >= 0.3 is 0 Å². The molecule has 0 N–H and O–H groups in total.